The highest BCUT2D eigenvalue weighted by atomic mass is 16.6. The van der Waals surface area contributed by atoms with Crippen molar-refractivity contribution in [3.05, 3.63) is 22.7 Å². The maximum atomic E-state index is 11.7. The Kier molecular flexibility index (Phi) is 5.47. The summed E-state index contributed by atoms with van der Waals surface area (Å²) in [5.41, 5.74) is 4.88. The molecule has 2 rings (SSSR count). The fraction of sp³-hybridized carbons (Fsp3) is 0.615. The first-order valence-corrected chi connectivity index (χ1v) is 6.95. The molecule has 0 radical (unpaired) electrons. The van der Waals surface area contributed by atoms with Gasteiger partial charge in [-0.2, -0.15) is 4.98 Å². The lowest BCUT2D eigenvalue weighted by Crippen LogP contribution is -2.28. The molecule has 0 saturated carbocycles. The maximum Gasteiger partial charge on any atom is 0.351 e. The highest BCUT2D eigenvalue weighted by molar-refractivity contribution is 5.66. The Hall–Kier alpha value is -1.97. The molecule has 3 atom stereocenters. The third-order valence-corrected chi connectivity index (χ3v) is 3.33. The molecule has 1 aliphatic rings. The predicted molar refractivity (Wildman–Crippen MR) is 75.1 cm³/mol. The topological polar surface area (TPSA) is 137 Å². The molecule has 0 bridgehead atoms. The van der Waals surface area contributed by atoms with Crippen molar-refractivity contribution in [2.24, 2.45) is 0 Å². The smallest absolute Gasteiger partial charge is 0.351 e. The van der Waals surface area contributed by atoms with Gasteiger partial charge in [-0.05, 0) is 12.5 Å². The Morgan fingerprint density at radius 1 is 1.59 bits per heavy atom. The number of carboxylic acids is 1. The van der Waals surface area contributed by atoms with Crippen molar-refractivity contribution in [3.8, 4) is 0 Å². The van der Waals surface area contributed by atoms with E-state index in [1.807, 2.05) is 0 Å². The number of nitrogens with zero attached hydrogens (tertiary/aromatic N) is 2. The number of carboxylic acid groups (broad SMARTS) is 1. The van der Waals surface area contributed by atoms with E-state index in [0.29, 0.717) is 6.42 Å². The molecule has 2 heterocycles. The quantitative estimate of drug-likeness (QED) is 0.565. The van der Waals surface area contributed by atoms with Gasteiger partial charge < -0.3 is 25.4 Å². The summed E-state index contributed by atoms with van der Waals surface area (Å²) >= 11 is 0. The van der Waals surface area contributed by atoms with Gasteiger partial charge in [0, 0.05) is 25.6 Å². The van der Waals surface area contributed by atoms with Crippen LogP contribution in [0.15, 0.2) is 17.1 Å². The van der Waals surface area contributed by atoms with Crippen LogP contribution in [0.2, 0.25) is 0 Å². The zero-order valence-electron chi connectivity index (χ0n) is 11.9. The Labute approximate surface area is 126 Å². The molecule has 1 aromatic rings. The average molecular weight is 313 g/mol. The fourth-order valence-corrected chi connectivity index (χ4v) is 2.21. The minimum Gasteiger partial charge on any atom is -0.481 e. The monoisotopic (exact) mass is 313 g/mol. The van der Waals surface area contributed by atoms with Gasteiger partial charge in [-0.3, -0.25) is 9.36 Å². The molecule has 1 aromatic heterocycles. The summed E-state index contributed by atoms with van der Waals surface area (Å²) in [4.78, 5) is 25.7. The molecule has 1 aliphatic heterocycles. The summed E-state index contributed by atoms with van der Waals surface area (Å²) in [6, 6.07) is 1.48. The molecule has 9 heteroatoms. The van der Waals surface area contributed by atoms with Crippen LogP contribution < -0.4 is 11.4 Å². The number of aliphatic hydroxyl groups is 1. The first-order chi connectivity index (χ1) is 10.5. The highest BCUT2D eigenvalue weighted by Crippen LogP contribution is 2.27. The third kappa shape index (κ3) is 4.26. The molecule has 0 aromatic carbocycles. The minimum absolute atomic E-state index is 0.0310. The summed E-state index contributed by atoms with van der Waals surface area (Å²) in [5.74, 6) is -0.755. The Balaban J connectivity index is 1.84. The van der Waals surface area contributed by atoms with Gasteiger partial charge in [-0.25, -0.2) is 4.79 Å². The van der Waals surface area contributed by atoms with Gasteiger partial charge in [-0.15, -0.1) is 0 Å². The summed E-state index contributed by atoms with van der Waals surface area (Å²) in [5, 5.41) is 18.5. The van der Waals surface area contributed by atoms with Gasteiger partial charge in [0.1, 0.15) is 18.1 Å². The molecule has 22 heavy (non-hydrogen) atoms. The molecule has 1 fully saturated rings. The Bertz CT molecular complexity index is 575. The molecule has 0 spiro atoms. The number of aliphatic carboxylic acids is 1. The largest absolute Gasteiger partial charge is 0.481 e. The minimum atomic E-state index is -0.879. The molecule has 0 unspecified atom stereocenters. The van der Waals surface area contributed by atoms with E-state index in [4.69, 9.17) is 20.3 Å². The van der Waals surface area contributed by atoms with Crippen LogP contribution in [-0.4, -0.2) is 51.2 Å². The average Bonchev–Trinajstić information content (AvgIpc) is 2.79. The zero-order valence-corrected chi connectivity index (χ0v) is 11.9. The van der Waals surface area contributed by atoms with Gasteiger partial charge in [0.05, 0.1) is 12.7 Å². The lowest BCUT2D eigenvalue weighted by atomic mass is 10.2. The van der Waals surface area contributed by atoms with Gasteiger partial charge >= 0.3 is 11.7 Å². The van der Waals surface area contributed by atoms with Crippen LogP contribution >= 0.6 is 0 Å². The van der Waals surface area contributed by atoms with E-state index in [1.165, 1.54) is 16.8 Å². The van der Waals surface area contributed by atoms with Crippen LogP contribution in [0.3, 0.4) is 0 Å². The molecule has 122 valence electrons. The molecule has 9 nitrogen and oxygen atoms in total. The lowest BCUT2D eigenvalue weighted by Gasteiger charge is -2.16. The molecule has 0 aliphatic carbocycles. The second kappa shape index (κ2) is 7.34. The van der Waals surface area contributed by atoms with E-state index in [2.05, 4.69) is 4.98 Å². The number of carbonyl (C=O) groups is 1. The lowest BCUT2D eigenvalue weighted by molar-refractivity contribution is -0.137. The van der Waals surface area contributed by atoms with Crippen molar-refractivity contribution in [2.45, 2.75) is 37.7 Å². The van der Waals surface area contributed by atoms with Crippen LogP contribution in [0.1, 0.15) is 25.5 Å². The van der Waals surface area contributed by atoms with Crippen LogP contribution in [0.25, 0.3) is 0 Å². The van der Waals surface area contributed by atoms with Crippen molar-refractivity contribution in [1.82, 2.24) is 9.55 Å². The van der Waals surface area contributed by atoms with Gasteiger partial charge in [0.15, 0.2) is 0 Å². The number of aliphatic hydroxyl groups excluding tert-OH is 1. The second-order valence-electron chi connectivity index (χ2n) is 5.05. The van der Waals surface area contributed by atoms with E-state index in [9.17, 15) is 14.7 Å². The van der Waals surface area contributed by atoms with E-state index >= 15 is 0 Å². The van der Waals surface area contributed by atoms with Gasteiger partial charge in [-0.1, -0.05) is 0 Å². The van der Waals surface area contributed by atoms with Crippen LogP contribution in [0, 0.1) is 0 Å². The van der Waals surface area contributed by atoms with Crippen LogP contribution in [0.5, 0.6) is 0 Å². The SMILES string of the molecule is Nc1ccn([C@H]2C[C@H](O)[C@@H](COCCCC(=O)O)O2)c(=O)n1. The second-order valence-corrected chi connectivity index (χ2v) is 5.05. The summed E-state index contributed by atoms with van der Waals surface area (Å²) in [7, 11) is 0. The maximum absolute atomic E-state index is 11.7. The van der Waals surface area contributed by atoms with Crippen molar-refractivity contribution in [1.29, 1.82) is 0 Å². The summed E-state index contributed by atoms with van der Waals surface area (Å²) < 4.78 is 12.2. The van der Waals surface area contributed by atoms with Crippen molar-refractivity contribution in [3.63, 3.8) is 0 Å². The van der Waals surface area contributed by atoms with Crippen molar-refractivity contribution >= 4 is 11.8 Å². The number of ether oxygens (including phenoxy) is 2. The summed E-state index contributed by atoms with van der Waals surface area (Å²) in [6.45, 7) is 0.404. The molecule has 1 saturated heterocycles. The number of hydrogen-bond donors (Lipinski definition) is 3. The Morgan fingerprint density at radius 2 is 2.36 bits per heavy atom. The van der Waals surface area contributed by atoms with E-state index in [1.54, 1.807) is 0 Å². The van der Waals surface area contributed by atoms with Crippen molar-refractivity contribution < 1.29 is 24.5 Å². The molecular formula is C13H19N3O6. The number of aromatic nitrogens is 2. The molecular weight excluding hydrogens is 294 g/mol. The number of nitrogen functional groups attached to an aromatic ring is 1. The van der Waals surface area contributed by atoms with Gasteiger partial charge in [0.25, 0.3) is 0 Å². The van der Waals surface area contributed by atoms with Crippen molar-refractivity contribution in [2.75, 3.05) is 18.9 Å². The normalized spacial score (nSPS) is 24.5. The molecule has 4 N–H and O–H groups in total. The van der Waals surface area contributed by atoms with Gasteiger partial charge in [0.2, 0.25) is 0 Å². The standard InChI is InChI=1S/C13H19N3O6/c14-10-3-4-16(13(20)15-10)11-6-8(17)9(22-11)7-21-5-1-2-12(18)19/h3-4,8-9,11,17H,1-2,5-7H2,(H,18,19)(H2,14,15,20)/t8-,9+,11+/m0/s1. The predicted octanol–water partition coefficient (Wildman–Crippen LogP) is -0.645. The van der Waals surface area contributed by atoms with Crippen LogP contribution in [-0.2, 0) is 14.3 Å². The van der Waals surface area contributed by atoms with E-state index < -0.39 is 30.1 Å². The van der Waals surface area contributed by atoms with E-state index in [-0.39, 0.29) is 31.9 Å². The number of rotatable bonds is 7. The summed E-state index contributed by atoms with van der Waals surface area (Å²) in [6.07, 6.45) is 0.176. The number of anilines is 1. The Morgan fingerprint density at radius 3 is 3.05 bits per heavy atom. The number of nitrogens with two attached hydrogens (primary N) is 1. The molecule has 0 amide bonds. The van der Waals surface area contributed by atoms with E-state index in [0.717, 1.165) is 0 Å². The first kappa shape index (κ1) is 16.4. The third-order valence-electron chi connectivity index (χ3n) is 3.33. The number of hydrogen-bond acceptors (Lipinski definition) is 7. The zero-order chi connectivity index (χ0) is 16.1. The fourth-order valence-electron chi connectivity index (χ4n) is 2.21. The highest BCUT2D eigenvalue weighted by Gasteiger charge is 2.35. The van der Waals surface area contributed by atoms with Crippen LogP contribution in [0.4, 0.5) is 5.82 Å². The first-order valence-electron chi connectivity index (χ1n) is 6.95.